The Morgan fingerprint density at radius 1 is 1.31 bits per heavy atom. The third-order valence-corrected chi connectivity index (χ3v) is 5.72. The van der Waals surface area contributed by atoms with Crippen molar-refractivity contribution in [2.75, 3.05) is 0 Å². The first-order valence-corrected chi connectivity index (χ1v) is 8.70. The average molecular weight is 348 g/mol. The number of nitrogens with zero attached hydrogens (tertiary/aromatic N) is 4. The van der Waals surface area contributed by atoms with Gasteiger partial charge >= 0.3 is 0 Å². The Hall–Kier alpha value is -2.89. The van der Waals surface area contributed by atoms with Gasteiger partial charge in [0, 0.05) is 23.3 Å². The number of halogens is 1. The molecule has 0 unspecified atom stereocenters. The van der Waals surface area contributed by atoms with Crippen molar-refractivity contribution in [2.24, 2.45) is 0 Å². The minimum absolute atomic E-state index is 0.232. The largest absolute Gasteiger partial charge is 0.339 e. The van der Waals surface area contributed by atoms with Crippen LogP contribution in [0.15, 0.2) is 47.0 Å². The lowest BCUT2D eigenvalue weighted by Crippen LogP contribution is -2.27. The van der Waals surface area contributed by atoms with Crippen molar-refractivity contribution in [2.45, 2.75) is 37.5 Å². The maximum atomic E-state index is 14.1. The molecule has 2 heterocycles. The molecule has 2 aliphatic rings. The molecule has 1 aromatic carbocycles. The van der Waals surface area contributed by atoms with Crippen LogP contribution in [0.3, 0.4) is 0 Å². The van der Waals surface area contributed by atoms with Crippen molar-refractivity contribution in [3.63, 3.8) is 0 Å². The highest BCUT2D eigenvalue weighted by Crippen LogP contribution is 2.60. The van der Waals surface area contributed by atoms with Gasteiger partial charge in [-0.1, -0.05) is 29.4 Å². The molecule has 0 radical (unpaired) electrons. The van der Waals surface area contributed by atoms with E-state index in [9.17, 15) is 4.39 Å². The summed E-state index contributed by atoms with van der Waals surface area (Å²) in [4.78, 5) is 4.35. The van der Waals surface area contributed by atoms with Crippen LogP contribution in [-0.4, -0.2) is 20.3 Å². The number of benzene rings is 1. The standard InChI is InChI=1S/C20H17FN4O/c1-11-13-7-8-20(11,10-18-22-12(2)25-26-18)19-15(13)9-17(23-24-19)14-5-3-4-6-16(14)21/h3-6,9,13H,1,7-8,10H2,2H3/t13-,20-/m0/s1. The minimum Gasteiger partial charge on any atom is -0.339 e. The van der Waals surface area contributed by atoms with Gasteiger partial charge in [0.15, 0.2) is 5.82 Å². The van der Waals surface area contributed by atoms with Gasteiger partial charge in [0.05, 0.1) is 11.4 Å². The Kier molecular flexibility index (Phi) is 3.13. The van der Waals surface area contributed by atoms with E-state index in [0.717, 1.165) is 29.7 Å². The fourth-order valence-electron chi connectivity index (χ4n) is 4.47. The minimum atomic E-state index is -0.306. The summed E-state index contributed by atoms with van der Waals surface area (Å²) >= 11 is 0. The summed E-state index contributed by atoms with van der Waals surface area (Å²) in [5.74, 6) is 1.16. The molecule has 3 aromatic rings. The zero-order chi connectivity index (χ0) is 17.9. The van der Waals surface area contributed by atoms with Crippen LogP contribution in [0.2, 0.25) is 0 Å². The highest BCUT2D eigenvalue weighted by atomic mass is 19.1. The summed E-state index contributed by atoms with van der Waals surface area (Å²) in [6.45, 7) is 6.16. The molecule has 2 atom stereocenters. The third-order valence-electron chi connectivity index (χ3n) is 5.72. The monoisotopic (exact) mass is 348 g/mol. The summed E-state index contributed by atoms with van der Waals surface area (Å²) in [7, 11) is 0. The topological polar surface area (TPSA) is 64.7 Å². The van der Waals surface area contributed by atoms with E-state index < -0.39 is 0 Å². The molecule has 26 heavy (non-hydrogen) atoms. The molecule has 2 aromatic heterocycles. The van der Waals surface area contributed by atoms with Crippen LogP contribution in [0.25, 0.3) is 11.3 Å². The van der Waals surface area contributed by atoms with Gasteiger partial charge in [-0.3, -0.25) is 0 Å². The molecule has 1 saturated carbocycles. The van der Waals surface area contributed by atoms with Crippen molar-refractivity contribution < 1.29 is 8.91 Å². The Labute approximate surface area is 150 Å². The first-order valence-electron chi connectivity index (χ1n) is 8.70. The van der Waals surface area contributed by atoms with Crippen LogP contribution in [-0.2, 0) is 11.8 Å². The van der Waals surface area contributed by atoms with Gasteiger partial charge < -0.3 is 4.52 Å². The normalized spacial score (nSPS) is 23.5. The molecule has 0 N–H and O–H groups in total. The lowest BCUT2D eigenvalue weighted by molar-refractivity contribution is 0.342. The fourth-order valence-corrected chi connectivity index (χ4v) is 4.47. The van der Waals surface area contributed by atoms with Crippen LogP contribution in [0.1, 0.15) is 41.7 Å². The Bertz CT molecular complexity index is 1040. The van der Waals surface area contributed by atoms with E-state index >= 15 is 0 Å². The first kappa shape index (κ1) is 15.4. The van der Waals surface area contributed by atoms with E-state index in [0.29, 0.717) is 29.4 Å². The van der Waals surface area contributed by atoms with Crippen molar-refractivity contribution in [3.05, 3.63) is 71.3 Å². The van der Waals surface area contributed by atoms with Crippen molar-refractivity contribution in [1.82, 2.24) is 20.3 Å². The number of hydrogen-bond acceptors (Lipinski definition) is 5. The molecule has 0 spiro atoms. The third kappa shape index (κ3) is 2.01. The van der Waals surface area contributed by atoms with Crippen LogP contribution in [0.4, 0.5) is 4.39 Å². The van der Waals surface area contributed by atoms with Gasteiger partial charge in [-0.15, -0.1) is 0 Å². The smallest absolute Gasteiger partial charge is 0.227 e. The number of fused-ring (bicyclic) bond motifs is 5. The second-order valence-corrected chi connectivity index (χ2v) is 7.12. The van der Waals surface area contributed by atoms with E-state index in [1.807, 2.05) is 6.07 Å². The van der Waals surface area contributed by atoms with Gasteiger partial charge in [-0.05, 0) is 43.5 Å². The Morgan fingerprint density at radius 3 is 2.92 bits per heavy atom. The second-order valence-electron chi connectivity index (χ2n) is 7.12. The predicted octanol–water partition coefficient (Wildman–Crippen LogP) is 3.90. The Morgan fingerprint density at radius 2 is 2.15 bits per heavy atom. The molecule has 5 rings (SSSR count). The van der Waals surface area contributed by atoms with Crippen LogP contribution in [0.5, 0.6) is 0 Å². The van der Waals surface area contributed by atoms with Gasteiger partial charge in [-0.25, -0.2) is 4.39 Å². The van der Waals surface area contributed by atoms with E-state index in [4.69, 9.17) is 4.52 Å². The van der Waals surface area contributed by atoms with Crippen LogP contribution < -0.4 is 0 Å². The van der Waals surface area contributed by atoms with Gasteiger partial charge in [0.2, 0.25) is 5.89 Å². The quantitative estimate of drug-likeness (QED) is 0.672. The molecule has 130 valence electrons. The average Bonchev–Trinajstić information content (AvgIpc) is 3.26. The maximum absolute atomic E-state index is 14.1. The molecule has 0 aliphatic heterocycles. The highest BCUT2D eigenvalue weighted by Gasteiger charge is 2.54. The highest BCUT2D eigenvalue weighted by molar-refractivity contribution is 5.64. The van der Waals surface area contributed by atoms with Crippen LogP contribution in [0, 0.1) is 12.7 Å². The van der Waals surface area contributed by atoms with Crippen molar-refractivity contribution in [1.29, 1.82) is 0 Å². The number of aromatic nitrogens is 4. The molecule has 2 bridgehead atoms. The summed E-state index contributed by atoms with van der Waals surface area (Å²) in [5.41, 5.74) is 3.88. The van der Waals surface area contributed by atoms with Gasteiger partial charge in [0.25, 0.3) is 0 Å². The summed E-state index contributed by atoms with van der Waals surface area (Å²) in [6.07, 6.45) is 2.53. The van der Waals surface area contributed by atoms with Gasteiger partial charge in [-0.2, -0.15) is 15.2 Å². The number of aryl methyl sites for hydroxylation is 1. The predicted molar refractivity (Wildman–Crippen MR) is 93.0 cm³/mol. The van der Waals surface area contributed by atoms with Crippen molar-refractivity contribution >= 4 is 0 Å². The van der Waals surface area contributed by atoms with E-state index in [1.54, 1.807) is 25.1 Å². The van der Waals surface area contributed by atoms with E-state index in [-0.39, 0.29) is 17.2 Å². The molecular weight excluding hydrogens is 331 g/mol. The van der Waals surface area contributed by atoms with Crippen LogP contribution >= 0.6 is 0 Å². The number of allylic oxidation sites excluding steroid dienone is 1. The summed E-state index contributed by atoms with van der Waals surface area (Å²) < 4.78 is 19.5. The maximum Gasteiger partial charge on any atom is 0.227 e. The second kappa shape index (κ2) is 5.30. The zero-order valence-corrected chi connectivity index (χ0v) is 14.4. The lowest BCUT2D eigenvalue weighted by Gasteiger charge is -2.26. The summed E-state index contributed by atoms with van der Waals surface area (Å²) in [6, 6.07) is 8.61. The lowest BCUT2D eigenvalue weighted by atomic mass is 9.78. The first-order chi connectivity index (χ1) is 12.6. The molecule has 1 fully saturated rings. The molecular formula is C20H17FN4O. The molecule has 0 saturated heterocycles. The van der Waals surface area contributed by atoms with E-state index in [2.05, 4.69) is 26.9 Å². The molecule has 6 heteroatoms. The number of hydrogen-bond donors (Lipinski definition) is 0. The van der Waals surface area contributed by atoms with E-state index in [1.165, 1.54) is 6.07 Å². The Balaban J connectivity index is 1.60. The number of rotatable bonds is 3. The SMILES string of the molecule is C=C1[C@@H]2CC[C@@]1(Cc1nc(C)no1)c1nnc(-c3ccccc3F)cc12. The zero-order valence-electron chi connectivity index (χ0n) is 14.4. The molecule has 2 aliphatic carbocycles. The van der Waals surface area contributed by atoms with Crippen molar-refractivity contribution in [3.8, 4) is 11.3 Å². The van der Waals surface area contributed by atoms with Gasteiger partial charge in [0.1, 0.15) is 5.82 Å². The molecule has 5 nitrogen and oxygen atoms in total. The fraction of sp³-hybridized carbons (Fsp3) is 0.300. The molecule has 0 amide bonds. The summed E-state index contributed by atoms with van der Waals surface area (Å²) in [5, 5.41) is 12.7.